The molecule has 0 saturated heterocycles. The van der Waals surface area contributed by atoms with Crippen LogP contribution >= 0.6 is 11.6 Å². The third kappa shape index (κ3) is 11.8. The van der Waals surface area contributed by atoms with Gasteiger partial charge in [0.2, 0.25) is 0 Å². The Balaban J connectivity index is 4.54. The van der Waals surface area contributed by atoms with Crippen LogP contribution in [0.2, 0.25) is 0 Å². The van der Waals surface area contributed by atoms with Crippen molar-refractivity contribution in [3.8, 4) is 0 Å². The van der Waals surface area contributed by atoms with Gasteiger partial charge in [-0.05, 0) is 59.3 Å². The molecular weight excluding hydrogens is 332 g/mol. The monoisotopic (exact) mass is 366 g/mol. The Kier molecular flexibility index (Phi) is 13.2. The summed E-state index contributed by atoms with van der Waals surface area (Å²) in [6, 6.07) is 0. The quantitative estimate of drug-likeness (QED) is 0.132. The molecule has 3 heteroatoms. The van der Waals surface area contributed by atoms with E-state index in [4.69, 9.17) is 16.3 Å². The molecule has 0 heterocycles. The second kappa shape index (κ2) is 13.9. The smallest absolute Gasteiger partial charge is 0.334 e. The highest BCUT2D eigenvalue weighted by Gasteiger charge is 2.13. The Morgan fingerprint density at radius 3 is 2.04 bits per heavy atom. The first-order chi connectivity index (χ1) is 11.8. The van der Waals surface area contributed by atoms with Gasteiger partial charge in [-0.2, -0.15) is 0 Å². The van der Waals surface area contributed by atoms with E-state index in [-0.39, 0.29) is 11.9 Å². The van der Waals surface area contributed by atoms with E-state index in [0.717, 1.165) is 31.3 Å². The molecule has 0 radical (unpaired) electrons. The van der Waals surface area contributed by atoms with Crippen LogP contribution in [0.5, 0.6) is 0 Å². The Bertz CT molecular complexity index is 522. The number of carbonyl (C=O) groups is 1. The maximum Gasteiger partial charge on any atom is 0.334 e. The van der Waals surface area contributed by atoms with Crippen LogP contribution in [0.3, 0.4) is 0 Å². The van der Waals surface area contributed by atoms with Gasteiger partial charge >= 0.3 is 5.97 Å². The van der Waals surface area contributed by atoms with Gasteiger partial charge in [-0.25, -0.2) is 4.79 Å². The number of allylic oxidation sites excluding steroid dienone is 7. The van der Waals surface area contributed by atoms with Crippen LogP contribution in [-0.4, -0.2) is 18.5 Å². The fourth-order valence-electron chi connectivity index (χ4n) is 2.28. The van der Waals surface area contributed by atoms with Crippen molar-refractivity contribution in [2.75, 3.05) is 12.5 Å². The van der Waals surface area contributed by atoms with Gasteiger partial charge in [-0.3, -0.25) is 0 Å². The van der Waals surface area contributed by atoms with Gasteiger partial charge < -0.3 is 4.74 Å². The number of carbonyl (C=O) groups excluding carboxylic acids is 1. The zero-order valence-electron chi connectivity index (χ0n) is 16.8. The lowest BCUT2D eigenvalue weighted by Crippen LogP contribution is -2.12. The minimum Gasteiger partial charge on any atom is -0.463 e. The first-order valence-electron chi connectivity index (χ1n) is 9.23. The van der Waals surface area contributed by atoms with Crippen LogP contribution in [-0.2, 0) is 9.53 Å². The molecule has 0 saturated carbocycles. The molecule has 0 aromatic carbocycles. The lowest BCUT2D eigenvalue weighted by atomic mass is 10.0. The highest BCUT2D eigenvalue weighted by molar-refractivity contribution is 6.19. The summed E-state index contributed by atoms with van der Waals surface area (Å²) in [4.78, 5) is 11.9. The summed E-state index contributed by atoms with van der Waals surface area (Å²) < 4.78 is 5.11. The van der Waals surface area contributed by atoms with Crippen LogP contribution in [0.1, 0.15) is 67.2 Å². The number of halogens is 1. The second-order valence-corrected chi connectivity index (χ2v) is 7.09. The van der Waals surface area contributed by atoms with Crippen LogP contribution < -0.4 is 0 Å². The molecule has 0 spiro atoms. The van der Waals surface area contributed by atoms with Crippen LogP contribution in [0.15, 0.2) is 46.6 Å². The molecule has 0 aliphatic carbocycles. The summed E-state index contributed by atoms with van der Waals surface area (Å²) in [6.07, 6.45) is 12.6. The zero-order chi connectivity index (χ0) is 19.2. The lowest BCUT2D eigenvalue weighted by Gasteiger charge is -2.09. The second-order valence-electron chi connectivity index (χ2n) is 6.82. The number of esters is 1. The number of ether oxygens (including phenoxy) is 1. The van der Waals surface area contributed by atoms with E-state index in [1.165, 1.54) is 16.7 Å². The molecule has 0 aromatic rings. The number of hydrogen-bond donors (Lipinski definition) is 0. The molecule has 0 bridgehead atoms. The predicted molar refractivity (Wildman–Crippen MR) is 110 cm³/mol. The minimum absolute atomic E-state index is 0.162. The molecular formula is C22H35ClO2. The first kappa shape index (κ1) is 23.7. The molecule has 0 aliphatic rings. The zero-order valence-corrected chi connectivity index (χ0v) is 17.6. The largest absolute Gasteiger partial charge is 0.463 e. The van der Waals surface area contributed by atoms with Gasteiger partial charge in [0.05, 0.1) is 6.61 Å². The van der Waals surface area contributed by atoms with Gasteiger partial charge in [0.25, 0.3) is 0 Å². The highest BCUT2D eigenvalue weighted by Crippen LogP contribution is 2.15. The van der Waals surface area contributed by atoms with E-state index in [1.54, 1.807) is 0 Å². The third-order valence-electron chi connectivity index (χ3n) is 3.95. The summed E-state index contributed by atoms with van der Waals surface area (Å²) in [7, 11) is 0. The van der Waals surface area contributed by atoms with Crippen LogP contribution in [0.25, 0.3) is 0 Å². The molecule has 0 unspecified atom stereocenters. The van der Waals surface area contributed by atoms with Crippen LogP contribution in [0, 0.1) is 5.92 Å². The first-order valence-corrected chi connectivity index (χ1v) is 9.76. The van der Waals surface area contributed by atoms with Gasteiger partial charge in [0, 0.05) is 11.5 Å². The van der Waals surface area contributed by atoms with E-state index in [9.17, 15) is 4.79 Å². The number of alkyl halides is 1. The summed E-state index contributed by atoms with van der Waals surface area (Å²) in [6.45, 7) is 12.6. The summed E-state index contributed by atoms with van der Waals surface area (Å²) in [5.41, 5.74) is 4.65. The van der Waals surface area contributed by atoms with Crippen molar-refractivity contribution in [1.82, 2.24) is 0 Å². The van der Waals surface area contributed by atoms with Crippen molar-refractivity contribution in [3.63, 3.8) is 0 Å². The van der Waals surface area contributed by atoms with Gasteiger partial charge in [0.1, 0.15) is 0 Å². The standard InChI is InChI=1S/C22H35ClO2/c1-7-25-22(24)21(17(2)3)15-14-19(5)12-8-10-18(4)11-9-13-20(6)16-23/h10,13-15,17H,7-9,11-12,16H2,1-6H3. The van der Waals surface area contributed by atoms with E-state index in [1.807, 2.05) is 32.9 Å². The molecule has 0 aliphatic heterocycles. The average molecular weight is 367 g/mol. The Morgan fingerprint density at radius 1 is 0.960 bits per heavy atom. The van der Waals surface area contributed by atoms with E-state index in [2.05, 4.69) is 32.9 Å². The molecule has 0 aromatic heterocycles. The number of hydrogen-bond acceptors (Lipinski definition) is 2. The fraction of sp³-hybridized carbons (Fsp3) is 0.591. The van der Waals surface area contributed by atoms with Crippen LogP contribution in [0.4, 0.5) is 0 Å². The summed E-state index contributed by atoms with van der Waals surface area (Å²) in [5, 5.41) is 0. The summed E-state index contributed by atoms with van der Waals surface area (Å²) in [5.74, 6) is 0.567. The Hall–Kier alpha value is -1.28. The van der Waals surface area contributed by atoms with Crippen molar-refractivity contribution < 1.29 is 9.53 Å². The van der Waals surface area contributed by atoms with Gasteiger partial charge in [-0.15, -0.1) is 11.6 Å². The van der Waals surface area contributed by atoms with Crippen molar-refractivity contribution in [2.24, 2.45) is 5.92 Å². The molecule has 0 rings (SSSR count). The normalized spacial score (nSPS) is 14.2. The van der Waals surface area contributed by atoms with Crippen molar-refractivity contribution in [1.29, 1.82) is 0 Å². The molecule has 0 N–H and O–H groups in total. The molecule has 142 valence electrons. The average Bonchev–Trinajstić information content (AvgIpc) is 2.54. The van der Waals surface area contributed by atoms with E-state index >= 15 is 0 Å². The lowest BCUT2D eigenvalue weighted by molar-refractivity contribution is -0.139. The number of rotatable bonds is 11. The highest BCUT2D eigenvalue weighted by atomic mass is 35.5. The van der Waals surface area contributed by atoms with Crippen molar-refractivity contribution >= 4 is 17.6 Å². The van der Waals surface area contributed by atoms with Crippen molar-refractivity contribution in [2.45, 2.75) is 67.2 Å². The molecule has 25 heavy (non-hydrogen) atoms. The topological polar surface area (TPSA) is 26.3 Å². The molecule has 0 atom stereocenters. The predicted octanol–water partition coefficient (Wildman–Crippen LogP) is 6.77. The van der Waals surface area contributed by atoms with Gasteiger partial charge in [0.15, 0.2) is 0 Å². The Morgan fingerprint density at radius 2 is 1.52 bits per heavy atom. The third-order valence-corrected chi connectivity index (χ3v) is 4.38. The summed E-state index contributed by atoms with van der Waals surface area (Å²) >= 11 is 5.77. The molecule has 0 fully saturated rings. The van der Waals surface area contributed by atoms with E-state index in [0.29, 0.717) is 12.5 Å². The van der Waals surface area contributed by atoms with Gasteiger partial charge in [-0.1, -0.05) is 54.9 Å². The maximum atomic E-state index is 11.9. The maximum absolute atomic E-state index is 11.9. The molecule has 0 amide bonds. The van der Waals surface area contributed by atoms with E-state index < -0.39 is 0 Å². The Labute approximate surface area is 159 Å². The minimum atomic E-state index is -0.211. The SMILES string of the molecule is CCOC(=O)C(=CC=C(C)CCC=C(C)CCC=C(C)CCl)C(C)C. The van der Waals surface area contributed by atoms with Crippen molar-refractivity contribution in [3.05, 3.63) is 46.6 Å². The molecule has 2 nitrogen and oxygen atoms in total. The fourth-order valence-corrected chi connectivity index (χ4v) is 2.38.